The molecule has 0 spiro atoms. The Morgan fingerprint density at radius 2 is 1.92 bits per heavy atom. The van der Waals surface area contributed by atoms with Crippen LogP contribution in [0.1, 0.15) is 24.7 Å². The Bertz CT molecular complexity index is 271. The summed E-state index contributed by atoms with van der Waals surface area (Å²) in [6.07, 6.45) is 0.709. The first-order chi connectivity index (χ1) is 6.11. The van der Waals surface area contributed by atoms with Gasteiger partial charge < -0.3 is 5.11 Å². The largest absolute Gasteiger partial charge is 0.382 e. The first kappa shape index (κ1) is 10.5. The number of hydrogen-bond acceptors (Lipinski definition) is 4. The summed E-state index contributed by atoms with van der Waals surface area (Å²) in [5, 5.41) is 10.0. The molecule has 13 heavy (non-hydrogen) atoms. The molecule has 0 radical (unpaired) electrons. The van der Waals surface area contributed by atoms with Crippen LogP contribution in [0.4, 0.5) is 0 Å². The maximum absolute atomic E-state index is 9.38. The molecular formula is C9H14N2OS. The molecule has 72 valence electrons. The molecule has 0 bridgehead atoms. The molecule has 1 unspecified atom stereocenters. The van der Waals surface area contributed by atoms with Crippen LogP contribution in [0.2, 0.25) is 0 Å². The maximum Gasteiger partial charge on any atom is 0.190 e. The molecule has 0 aromatic carbocycles. The molecule has 1 heterocycles. The Hall–Kier alpha value is -0.610. The average Bonchev–Trinajstić information content (AvgIpc) is 2.02. The number of rotatable bonds is 3. The Morgan fingerprint density at radius 3 is 2.38 bits per heavy atom. The molecular weight excluding hydrogens is 184 g/mol. The number of aryl methyl sites for hydroxylation is 2. The van der Waals surface area contributed by atoms with Crippen LogP contribution < -0.4 is 0 Å². The van der Waals surface area contributed by atoms with Crippen molar-refractivity contribution in [3.63, 3.8) is 0 Å². The molecule has 1 atom stereocenters. The first-order valence-corrected chi connectivity index (χ1v) is 5.16. The molecule has 0 aliphatic rings. The number of aromatic nitrogens is 2. The van der Waals surface area contributed by atoms with E-state index in [9.17, 15) is 5.11 Å². The number of aliphatic hydroxyl groups is 1. The van der Waals surface area contributed by atoms with Gasteiger partial charge in [-0.3, -0.25) is 0 Å². The third kappa shape index (κ3) is 3.32. The number of hydrogen-bond donors (Lipinski definition) is 1. The van der Waals surface area contributed by atoms with Crippen LogP contribution in [-0.4, -0.2) is 20.5 Å². The van der Waals surface area contributed by atoms with E-state index < -0.39 is 5.44 Å². The second-order valence-corrected chi connectivity index (χ2v) is 4.06. The summed E-state index contributed by atoms with van der Waals surface area (Å²) >= 11 is 1.31. The summed E-state index contributed by atoms with van der Waals surface area (Å²) in [7, 11) is 0. The molecule has 0 aliphatic carbocycles. The molecule has 0 amide bonds. The van der Waals surface area contributed by atoms with Crippen LogP contribution in [0.25, 0.3) is 0 Å². The summed E-state index contributed by atoms with van der Waals surface area (Å²) in [4.78, 5) is 8.43. The summed E-state index contributed by atoms with van der Waals surface area (Å²) in [5.74, 6) is 0. The van der Waals surface area contributed by atoms with E-state index in [1.165, 1.54) is 11.8 Å². The van der Waals surface area contributed by atoms with E-state index in [2.05, 4.69) is 9.97 Å². The van der Waals surface area contributed by atoms with E-state index in [1.54, 1.807) is 0 Å². The van der Waals surface area contributed by atoms with Gasteiger partial charge in [0.1, 0.15) is 5.44 Å². The van der Waals surface area contributed by atoms with Crippen LogP contribution in [0.15, 0.2) is 11.2 Å². The van der Waals surface area contributed by atoms with Gasteiger partial charge in [-0.05, 0) is 26.3 Å². The number of nitrogens with zero attached hydrogens (tertiary/aromatic N) is 2. The van der Waals surface area contributed by atoms with Gasteiger partial charge in [-0.1, -0.05) is 18.7 Å². The molecule has 0 aliphatic heterocycles. The first-order valence-electron chi connectivity index (χ1n) is 4.29. The minimum atomic E-state index is -0.402. The van der Waals surface area contributed by atoms with Gasteiger partial charge in [0.25, 0.3) is 0 Å². The van der Waals surface area contributed by atoms with Crippen LogP contribution in [0.5, 0.6) is 0 Å². The van der Waals surface area contributed by atoms with Crippen molar-refractivity contribution in [3.8, 4) is 0 Å². The van der Waals surface area contributed by atoms with Crippen molar-refractivity contribution >= 4 is 11.8 Å². The molecule has 0 fully saturated rings. The van der Waals surface area contributed by atoms with Gasteiger partial charge in [0.05, 0.1) is 0 Å². The van der Waals surface area contributed by atoms with Crippen LogP contribution in [-0.2, 0) is 0 Å². The topological polar surface area (TPSA) is 46.0 Å². The van der Waals surface area contributed by atoms with Gasteiger partial charge in [0.15, 0.2) is 5.16 Å². The predicted molar refractivity (Wildman–Crippen MR) is 53.7 cm³/mol. The molecule has 1 rings (SSSR count). The van der Waals surface area contributed by atoms with Gasteiger partial charge in [-0.15, -0.1) is 0 Å². The van der Waals surface area contributed by atoms with Crippen molar-refractivity contribution in [2.75, 3.05) is 0 Å². The molecule has 0 saturated carbocycles. The van der Waals surface area contributed by atoms with Gasteiger partial charge in [0, 0.05) is 11.4 Å². The summed E-state index contributed by atoms with van der Waals surface area (Å²) in [5.41, 5.74) is 1.48. The van der Waals surface area contributed by atoms with E-state index in [1.807, 2.05) is 26.8 Å². The Morgan fingerprint density at radius 1 is 1.38 bits per heavy atom. The maximum atomic E-state index is 9.38. The molecule has 0 saturated heterocycles. The fourth-order valence-corrected chi connectivity index (χ4v) is 1.75. The fraction of sp³-hybridized carbons (Fsp3) is 0.556. The zero-order valence-electron chi connectivity index (χ0n) is 8.11. The van der Waals surface area contributed by atoms with Crippen LogP contribution >= 0.6 is 11.8 Å². The lowest BCUT2D eigenvalue weighted by atomic mass is 10.4. The van der Waals surface area contributed by atoms with E-state index >= 15 is 0 Å². The average molecular weight is 198 g/mol. The second-order valence-electron chi connectivity index (χ2n) is 2.91. The van der Waals surface area contributed by atoms with E-state index in [0.29, 0.717) is 11.6 Å². The minimum Gasteiger partial charge on any atom is -0.382 e. The highest BCUT2D eigenvalue weighted by Gasteiger charge is 2.06. The SMILES string of the molecule is CCC(O)Sc1nc(C)cc(C)n1. The van der Waals surface area contributed by atoms with Crippen molar-refractivity contribution < 1.29 is 5.11 Å². The monoisotopic (exact) mass is 198 g/mol. The third-order valence-corrected chi connectivity index (χ3v) is 2.55. The highest BCUT2D eigenvalue weighted by molar-refractivity contribution is 7.99. The normalized spacial score (nSPS) is 12.9. The lowest BCUT2D eigenvalue weighted by Crippen LogP contribution is -2.01. The summed E-state index contributed by atoms with van der Waals surface area (Å²) < 4.78 is 0. The second kappa shape index (κ2) is 4.58. The minimum absolute atomic E-state index is 0.402. The fourth-order valence-electron chi connectivity index (χ4n) is 0.951. The molecule has 4 heteroatoms. The van der Waals surface area contributed by atoms with Gasteiger partial charge in [-0.2, -0.15) is 0 Å². The van der Waals surface area contributed by atoms with Crippen LogP contribution in [0, 0.1) is 13.8 Å². The molecule has 1 aromatic heterocycles. The molecule has 3 nitrogen and oxygen atoms in total. The van der Waals surface area contributed by atoms with Crippen molar-refractivity contribution in [2.24, 2.45) is 0 Å². The highest BCUT2D eigenvalue weighted by atomic mass is 32.2. The summed E-state index contributed by atoms with van der Waals surface area (Å²) in [6, 6.07) is 1.92. The van der Waals surface area contributed by atoms with E-state index in [0.717, 1.165) is 11.4 Å². The lowest BCUT2D eigenvalue weighted by Gasteiger charge is -2.06. The Kier molecular flexibility index (Phi) is 3.69. The summed E-state index contributed by atoms with van der Waals surface area (Å²) in [6.45, 7) is 5.79. The predicted octanol–water partition coefficient (Wildman–Crippen LogP) is 1.91. The smallest absolute Gasteiger partial charge is 0.190 e. The zero-order valence-corrected chi connectivity index (χ0v) is 8.93. The van der Waals surface area contributed by atoms with Gasteiger partial charge >= 0.3 is 0 Å². The standard InChI is InChI=1S/C9H14N2OS/c1-4-8(12)13-9-10-6(2)5-7(3)11-9/h5,8,12H,4H2,1-3H3. The quantitative estimate of drug-likeness (QED) is 0.458. The zero-order chi connectivity index (χ0) is 9.84. The van der Waals surface area contributed by atoms with Crippen molar-refractivity contribution in [1.29, 1.82) is 0 Å². The van der Waals surface area contributed by atoms with Crippen molar-refractivity contribution in [3.05, 3.63) is 17.5 Å². The van der Waals surface area contributed by atoms with E-state index in [4.69, 9.17) is 0 Å². The Balaban J connectivity index is 2.77. The molecule has 1 aromatic rings. The Labute approximate surface area is 82.6 Å². The van der Waals surface area contributed by atoms with Crippen molar-refractivity contribution in [1.82, 2.24) is 9.97 Å². The van der Waals surface area contributed by atoms with Crippen LogP contribution in [0.3, 0.4) is 0 Å². The third-order valence-electron chi connectivity index (χ3n) is 1.55. The highest BCUT2D eigenvalue weighted by Crippen LogP contribution is 2.19. The number of thioether (sulfide) groups is 1. The molecule has 1 N–H and O–H groups in total. The van der Waals surface area contributed by atoms with Crippen molar-refractivity contribution in [2.45, 2.75) is 37.8 Å². The number of aliphatic hydroxyl groups excluding tert-OH is 1. The van der Waals surface area contributed by atoms with E-state index in [-0.39, 0.29) is 0 Å². The van der Waals surface area contributed by atoms with Gasteiger partial charge in [-0.25, -0.2) is 9.97 Å². The lowest BCUT2D eigenvalue weighted by molar-refractivity contribution is 0.259. The van der Waals surface area contributed by atoms with Gasteiger partial charge in [0.2, 0.25) is 0 Å².